The third-order valence-electron chi connectivity index (χ3n) is 1.55. The molecule has 0 saturated carbocycles. The zero-order chi connectivity index (χ0) is 12.3. The summed E-state index contributed by atoms with van der Waals surface area (Å²) in [5.74, 6) is -0.699. The summed E-state index contributed by atoms with van der Waals surface area (Å²) in [6.45, 7) is 0. The summed E-state index contributed by atoms with van der Waals surface area (Å²) in [6, 6.07) is 2.97. The van der Waals surface area contributed by atoms with Crippen LogP contribution in [0.1, 0.15) is 0 Å². The molecule has 7 heteroatoms. The summed E-state index contributed by atoms with van der Waals surface area (Å²) in [7, 11) is 1.26. The Kier molecular flexibility index (Phi) is 3.74. The van der Waals surface area contributed by atoms with Gasteiger partial charge in [-0.3, -0.25) is 0 Å². The molecule has 0 bridgehead atoms. The quantitative estimate of drug-likeness (QED) is 0.584. The number of methoxy groups -OCH3 is 1. The highest BCUT2D eigenvalue weighted by atomic mass is 35.5. The molecule has 0 spiro atoms. The standard InChI is InChI=1S/C9H6ClF4NO/c1-16-7-3-5(11)2-6(4-7)15-8(10)9(12,13)14/h2-4H,1H3. The van der Waals surface area contributed by atoms with E-state index >= 15 is 0 Å². The molecule has 1 aromatic carbocycles. The van der Waals surface area contributed by atoms with Crippen LogP contribution >= 0.6 is 11.6 Å². The van der Waals surface area contributed by atoms with Crippen LogP contribution in [0.2, 0.25) is 0 Å². The van der Waals surface area contributed by atoms with Crippen molar-refractivity contribution in [2.75, 3.05) is 7.11 Å². The van der Waals surface area contributed by atoms with Crippen molar-refractivity contribution in [1.82, 2.24) is 0 Å². The third-order valence-corrected chi connectivity index (χ3v) is 1.85. The van der Waals surface area contributed by atoms with Crippen LogP contribution in [-0.2, 0) is 0 Å². The predicted octanol–water partition coefficient (Wildman–Crippen LogP) is 3.67. The SMILES string of the molecule is COc1cc(F)cc(N=C(Cl)C(F)(F)F)c1. The first kappa shape index (κ1) is 12.8. The van der Waals surface area contributed by atoms with Crippen molar-refractivity contribution < 1.29 is 22.3 Å². The molecule has 0 aliphatic heterocycles. The van der Waals surface area contributed by atoms with Gasteiger partial charge in [-0.2, -0.15) is 13.2 Å². The van der Waals surface area contributed by atoms with Crippen LogP contribution in [0.3, 0.4) is 0 Å². The van der Waals surface area contributed by atoms with E-state index in [1.54, 1.807) is 0 Å². The summed E-state index contributed by atoms with van der Waals surface area (Å²) in [6.07, 6.45) is -4.75. The maximum absolute atomic E-state index is 12.9. The lowest BCUT2D eigenvalue weighted by Crippen LogP contribution is -2.16. The van der Waals surface area contributed by atoms with E-state index in [4.69, 9.17) is 11.6 Å². The Morgan fingerprint density at radius 1 is 1.31 bits per heavy atom. The van der Waals surface area contributed by atoms with Gasteiger partial charge in [0.25, 0.3) is 0 Å². The number of aliphatic imine (C=N–C) groups is 1. The topological polar surface area (TPSA) is 21.6 Å². The molecule has 0 heterocycles. The fraction of sp³-hybridized carbons (Fsp3) is 0.222. The predicted molar refractivity (Wildman–Crippen MR) is 52.0 cm³/mol. The van der Waals surface area contributed by atoms with Crippen molar-refractivity contribution in [3.05, 3.63) is 24.0 Å². The number of alkyl halides is 3. The highest BCUT2D eigenvalue weighted by molar-refractivity contribution is 6.67. The van der Waals surface area contributed by atoms with Gasteiger partial charge in [0.05, 0.1) is 12.8 Å². The maximum Gasteiger partial charge on any atom is 0.444 e. The van der Waals surface area contributed by atoms with Crippen molar-refractivity contribution in [2.24, 2.45) is 4.99 Å². The van der Waals surface area contributed by atoms with Gasteiger partial charge in [0.15, 0.2) is 0 Å². The Morgan fingerprint density at radius 3 is 2.44 bits per heavy atom. The monoisotopic (exact) mass is 255 g/mol. The molecule has 1 aromatic rings. The van der Waals surface area contributed by atoms with E-state index in [-0.39, 0.29) is 11.4 Å². The lowest BCUT2D eigenvalue weighted by Gasteiger charge is -2.04. The van der Waals surface area contributed by atoms with Gasteiger partial charge in [-0.1, -0.05) is 11.6 Å². The van der Waals surface area contributed by atoms with Crippen molar-refractivity contribution in [3.63, 3.8) is 0 Å². The molecule has 0 aliphatic carbocycles. The average Bonchev–Trinajstić information content (AvgIpc) is 2.15. The van der Waals surface area contributed by atoms with Crippen LogP contribution in [0.15, 0.2) is 23.2 Å². The van der Waals surface area contributed by atoms with Crippen molar-refractivity contribution in [1.29, 1.82) is 0 Å². The molecule has 1 rings (SSSR count). The van der Waals surface area contributed by atoms with Crippen LogP contribution in [0.5, 0.6) is 5.75 Å². The van der Waals surface area contributed by atoms with E-state index < -0.39 is 17.2 Å². The minimum absolute atomic E-state index is 0.0605. The first-order valence-corrected chi connectivity index (χ1v) is 4.36. The molecule has 0 radical (unpaired) electrons. The maximum atomic E-state index is 12.9. The zero-order valence-electron chi connectivity index (χ0n) is 7.98. The molecule has 0 saturated heterocycles. The van der Waals surface area contributed by atoms with E-state index in [1.807, 2.05) is 0 Å². The van der Waals surface area contributed by atoms with Crippen molar-refractivity contribution >= 4 is 22.5 Å². The normalized spacial score (nSPS) is 12.8. The molecule has 0 atom stereocenters. The molecule has 0 aromatic heterocycles. The lowest BCUT2D eigenvalue weighted by atomic mass is 10.3. The van der Waals surface area contributed by atoms with Gasteiger partial charge < -0.3 is 4.74 Å². The smallest absolute Gasteiger partial charge is 0.444 e. The third kappa shape index (κ3) is 3.37. The summed E-state index contributed by atoms with van der Waals surface area (Å²) in [5.41, 5.74) is -0.265. The van der Waals surface area contributed by atoms with Gasteiger partial charge in [0, 0.05) is 12.1 Å². The molecule has 2 nitrogen and oxygen atoms in total. The second-order valence-electron chi connectivity index (χ2n) is 2.75. The molecule has 0 N–H and O–H groups in total. The van der Waals surface area contributed by atoms with Gasteiger partial charge in [-0.15, -0.1) is 0 Å². The van der Waals surface area contributed by atoms with Crippen LogP contribution in [0.25, 0.3) is 0 Å². The minimum Gasteiger partial charge on any atom is -0.497 e. The Hall–Kier alpha value is -1.30. The van der Waals surface area contributed by atoms with Crippen LogP contribution in [-0.4, -0.2) is 18.5 Å². The Morgan fingerprint density at radius 2 is 1.94 bits per heavy atom. The number of halogens is 5. The summed E-state index contributed by atoms with van der Waals surface area (Å²) in [5, 5.41) is -1.57. The number of benzene rings is 1. The molecule has 0 unspecified atom stereocenters. The summed E-state index contributed by atoms with van der Waals surface area (Å²) < 4.78 is 53.6. The number of ether oxygens (including phenoxy) is 1. The Labute approximate surface area is 93.5 Å². The Balaban J connectivity index is 3.10. The largest absolute Gasteiger partial charge is 0.497 e. The van der Waals surface area contributed by atoms with Crippen LogP contribution in [0.4, 0.5) is 23.2 Å². The highest BCUT2D eigenvalue weighted by Gasteiger charge is 2.34. The van der Waals surface area contributed by atoms with E-state index in [9.17, 15) is 17.6 Å². The van der Waals surface area contributed by atoms with E-state index in [2.05, 4.69) is 9.73 Å². The fourth-order valence-corrected chi connectivity index (χ4v) is 1.00. The number of hydrogen-bond acceptors (Lipinski definition) is 2. The first-order valence-electron chi connectivity index (χ1n) is 3.99. The second-order valence-corrected chi connectivity index (χ2v) is 3.11. The Bertz CT molecular complexity index is 416. The van der Waals surface area contributed by atoms with Gasteiger partial charge in [0.1, 0.15) is 11.6 Å². The molecule has 0 amide bonds. The van der Waals surface area contributed by atoms with Gasteiger partial charge in [-0.05, 0) is 6.07 Å². The van der Waals surface area contributed by atoms with Gasteiger partial charge in [-0.25, -0.2) is 9.38 Å². The molecular formula is C9H6ClF4NO. The molecule has 0 fully saturated rings. The highest BCUT2D eigenvalue weighted by Crippen LogP contribution is 2.27. The fourth-order valence-electron chi connectivity index (χ4n) is 0.907. The first-order chi connectivity index (χ1) is 7.32. The molecule has 88 valence electrons. The summed E-state index contributed by atoms with van der Waals surface area (Å²) >= 11 is 4.90. The van der Waals surface area contributed by atoms with E-state index in [0.29, 0.717) is 0 Å². The minimum atomic E-state index is -4.75. The molecule has 16 heavy (non-hydrogen) atoms. The second kappa shape index (κ2) is 4.69. The van der Waals surface area contributed by atoms with Crippen LogP contribution in [0, 0.1) is 5.82 Å². The molecular weight excluding hydrogens is 250 g/mol. The average molecular weight is 256 g/mol. The molecule has 0 aliphatic rings. The number of nitrogens with zero attached hydrogens (tertiary/aromatic N) is 1. The lowest BCUT2D eigenvalue weighted by molar-refractivity contribution is -0.0558. The van der Waals surface area contributed by atoms with Crippen molar-refractivity contribution in [3.8, 4) is 5.75 Å². The van der Waals surface area contributed by atoms with Gasteiger partial charge >= 0.3 is 6.18 Å². The van der Waals surface area contributed by atoms with Crippen LogP contribution < -0.4 is 4.74 Å². The number of rotatable bonds is 2. The van der Waals surface area contributed by atoms with E-state index in [1.165, 1.54) is 7.11 Å². The van der Waals surface area contributed by atoms with Crippen molar-refractivity contribution in [2.45, 2.75) is 6.18 Å². The van der Waals surface area contributed by atoms with E-state index in [0.717, 1.165) is 18.2 Å². The number of hydrogen-bond donors (Lipinski definition) is 0. The van der Waals surface area contributed by atoms with Gasteiger partial charge in [0.2, 0.25) is 5.17 Å². The summed E-state index contributed by atoms with van der Waals surface area (Å²) in [4.78, 5) is 3.04. The zero-order valence-corrected chi connectivity index (χ0v) is 8.73.